The lowest BCUT2D eigenvalue weighted by atomic mass is 10.1. The van der Waals surface area contributed by atoms with Gasteiger partial charge < -0.3 is 19.7 Å². The maximum Gasteiger partial charge on any atom is 0.349 e. The Morgan fingerprint density at radius 3 is 2.41 bits per heavy atom. The molecule has 0 aliphatic rings. The fourth-order valence-corrected chi connectivity index (χ4v) is 3.07. The van der Waals surface area contributed by atoms with E-state index >= 15 is 0 Å². The highest BCUT2D eigenvalue weighted by atomic mass is 16.4. The highest BCUT2D eigenvalue weighted by molar-refractivity contribution is 5.95. The smallest absolute Gasteiger partial charge is 0.349 e. The summed E-state index contributed by atoms with van der Waals surface area (Å²) in [6.45, 7) is 4.14. The number of likely N-dealkylation sites (N-methyl/N-ethyl adjacent to an activating group) is 1. The van der Waals surface area contributed by atoms with Gasteiger partial charge in [-0.2, -0.15) is 0 Å². The molecule has 7 heteroatoms. The van der Waals surface area contributed by atoms with Crippen molar-refractivity contribution >= 4 is 12.4 Å². The van der Waals surface area contributed by atoms with Gasteiger partial charge in [-0.05, 0) is 58.0 Å². The van der Waals surface area contributed by atoms with Gasteiger partial charge in [0, 0.05) is 19.0 Å². The molecule has 1 aromatic heterocycles. The third kappa shape index (κ3) is 8.74. The van der Waals surface area contributed by atoms with E-state index < -0.39 is 5.63 Å². The van der Waals surface area contributed by atoms with Crippen molar-refractivity contribution < 1.29 is 19.1 Å². The van der Waals surface area contributed by atoms with Gasteiger partial charge in [-0.15, -0.1) is 0 Å². The molecule has 29 heavy (non-hydrogen) atoms. The summed E-state index contributed by atoms with van der Waals surface area (Å²) < 4.78 is 5.38. The number of carbonyl (C=O) groups is 2. The fraction of sp³-hybridized carbons (Fsp3) is 0.409. The van der Waals surface area contributed by atoms with Crippen molar-refractivity contribution in [1.82, 2.24) is 10.2 Å². The Morgan fingerprint density at radius 1 is 1.24 bits per heavy atom. The second-order valence-electron chi connectivity index (χ2n) is 7.14. The maximum atomic E-state index is 12.4. The average Bonchev–Trinajstić information content (AvgIpc) is 2.62. The monoisotopic (exact) mass is 402 g/mol. The third-order valence-corrected chi connectivity index (χ3v) is 4.17. The molecule has 1 heterocycles. The Morgan fingerprint density at radius 2 is 1.86 bits per heavy atom. The topological polar surface area (TPSA) is 99.9 Å². The van der Waals surface area contributed by atoms with E-state index in [0.717, 1.165) is 12.8 Å². The molecule has 1 atom stereocenters. The molecule has 2 N–H and O–H groups in total. The molecule has 0 bridgehead atoms. The maximum absolute atomic E-state index is 12.4. The summed E-state index contributed by atoms with van der Waals surface area (Å²) in [6, 6.07) is 12.0. The van der Waals surface area contributed by atoms with Crippen molar-refractivity contribution in [3.05, 3.63) is 69.3 Å². The molecule has 0 aliphatic carbocycles. The molecule has 0 radical (unpaired) electrons. The Labute approximate surface area is 171 Å². The molecule has 1 unspecified atom stereocenters. The summed E-state index contributed by atoms with van der Waals surface area (Å²) >= 11 is 0. The van der Waals surface area contributed by atoms with Crippen LogP contribution in [-0.4, -0.2) is 49.1 Å². The minimum atomic E-state index is -0.561. The Kier molecular flexibility index (Phi) is 10.4. The van der Waals surface area contributed by atoms with Crippen molar-refractivity contribution in [2.75, 3.05) is 20.6 Å². The van der Waals surface area contributed by atoms with Crippen LogP contribution in [0.25, 0.3) is 0 Å². The molecule has 0 saturated heterocycles. The van der Waals surface area contributed by atoms with Crippen molar-refractivity contribution in [3.8, 4) is 0 Å². The lowest BCUT2D eigenvalue weighted by Gasteiger charge is -2.18. The van der Waals surface area contributed by atoms with E-state index in [1.54, 1.807) is 13.0 Å². The Balaban J connectivity index is 0.00000132. The third-order valence-electron chi connectivity index (χ3n) is 4.17. The SMILES string of the molecule is Cc1cc(CCCc2ccccc2)oc(=O)c1C(=O)NC(C)CN(C)C.O=CO. The zero-order valence-corrected chi connectivity index (χ0v) is 17.5. The van der Waals surface area contributed by atoms with Gasteiger partial charge in [0.1, 0.15) is 11.3 Å². The van der Waals surface area contributed by atoms with Gasteiger partial charge in [0.2, 0.25) is 0 Å². The first-order chi connectivity index (χ1) is 13.8. The minimum Gasteiger partial charge on any atom is -0.483 e. The quantitative estimate of drug-likeness (QED) is 0.658. The number of carboxylic acid groups (broad SMARTS) is 1. The molecule has 2 aromatic rings. The molecule has 0 spiro atoms. The first-order valence-corrected chi connectivity index (χ1v) is 9.49. The van der Waals surface area contributed by atoms with Gasteiger partial charge in [-0.25, -0.2) is 4.79 Å². The zero-order chi connectivity index (χ0) is 21.8. The molecule has 0 aliphatic heterocycles. The first kappa shape index (κ1) is 24.1. The summed E-state index contributed by atoms with van der Waals surface area (Å²) in [5.74, 6) is 0.253. The van der Waals surface area contributed by atoms with Crippen LogP contribution in [0.4, 0.5) is 0 Å². The lowest BCUT2D eigenvalue weighted by molar-refractivity contribution is -0.122. The molecule has 1 aromatic carbocycles. The molecule has 2 rings (SSSR count). The van der Waals surface area contributed by atoms with Crippen LogP contribution < -0.4 is 10.9 Å². The van der Waals surface area contributed by atoms with E-state index in [2.05, 4.69) is 17.4 Å². The summed E-state index contributed by atoms with van der Waals surface area (Å²) in [6.07, 6.45) is 2.48. The number of rotatable bonds is 8. The largest absolute Gasteiger partial charge is 0.483 e. The second-order valence-corrected chi connectivity index (χ2v) is 7.14. The molecular formula is C22H30N2O5. The van der Waals surface area contributed by atoms with Crippen LogP contribution in [0.5, 0.6) is 0 Å². The number of carbonyl (C=O) groups excluding carboxylic acids is 1. The van der Waals surface area contributed by atoms with E-state index in [9.17, 15) is 9.59 Å². The number of amides is 1. The molecule has 7 nitrogen and oxygen atoms in total. The van der Waals surface area contributed by atoms with Gasteiger partial charge >= 0.3 is 5.63 Å². The van der Waals surface area contributed by atoms with Crippen LogP contribution in [0, 0.1) is 6.92 Å². The van der Waals surface area contributed by atoms with Crippen LogP contribution in [-0.2, 0) is 17.6 Å². The molecule has 1 amide bonds. The highest BCUT2D eigenvalue weighted by Gasteiger charge is 2.18. The number of aryl methyl sites for hydroxylation is 3. The number of nitrogens with one attached hydrogen (secondary N) is 1. The number of nitrogens with zero attached hydrogens (tertiary/aromatic N) is 1. The van der Waals surface area contributed by atoms with Crippen molar-refractivity contribution in [3.63, 3.8) is 0 Å². The van der Waals surface area contributed by atoms with Gasteiger partial charge in [-0.1, -0.05) is 30.3 Å². The van der Waals surface area contributed by atoms with Crippen LogP contribution in [0.2, 0.25) is 0 Å². The summed E-state index contributed by atoms with van der Waals surface area (Å²) in [4.78, 5) is 35.0. The predicted octanol–water partition coefficient (Wildman–Crippen LogP) is 2.50. The van der Waals surface area contributed by atoms with Crippen molar-refractivity contribution in [2.45, 2.75) is 39.2 Å². The van der Waals surface area contributed by atoms with E-state index in [1.807, 2.05) is 44.1 Å². The van der Waals surface area contributed by atoms with Gasteiger partial charge in [0.15, 0.2) is 0 Å². The zero-order valence-electron chi connectivity index (χ0n) is 17.5. The summed E-state index contributed by atoms with van der Waals surface area (Å²) in [7, 11) is 3.87. The molecule has 158 valence electrons. The average molecular weight is 402 g/mol. The molecule has 0 fully saturated rings. The number of hydrogen-bond donors (Lipinski definition) is 2. The van der Waals surface area contributed by atoms with Crippen LogP contribution in [0.15, 0.2) is 45.6 Å². The highest BCUT2D eigenvalue weighted by Crippen LogP contribution is 2.11. The standard InChI is InChI=1S/C21H28N2O3.CH2O2/c1-15-13-18(12-8-11-17-9-6-5-7-10-17)26-21(25)19(15)20(24)22-16(2)14-23(3)4;2-1-3/h5-7,9-10,13,16H,8,11-12,14H2,1-4H3,(H,22,24);1H,(H,2,3). The normalized spacial score (nSPS) is 11.3. The molecule has 0 saturated carbocycles. The van der Waals surface area contributed by atoms with E-state index in [-0.39, 0.29) is 24.0 Å². The summed E-state index contributed by atoms with van der Waals surface area (Å²) in [5.41, 5.74) is 1.46. The predicted molar refractivity (Wildman–Crippen MR) is 112 cm³/mol. The van der Waals surface area contributed by atoms with E-state index in [4.69, 9.17) is 14.3 Å². The molecular weight excluding hydrogens is 372 g/mol. The van der Waals surface area contributed by atoms with Crippen LogP contribution in [0.3, 0.4) is 0 Å². The number of benzene rings is 1. The van der Waals surface area contributed by atoms with Crippen LogP contribution in [0.1, 0.15) is 40.6 Å². The van der Waals surface area contributed by atoms with E-state index in [1.165, 1.54) is 5.56 Å². The van der Waals surface area contributed by atoms with Crippen molar-refractivity contribution in [2.24, 2.45) is 0 Å². The first-order valence-electron chi connectivity index (χ1n) is 9.49. The lowest BCUT2D eigenvalue weighted by Crippen LogP contribution is -2.41. The van der Waals surface area contributed by atoms with Gasteiger partial charge in [0.05, 0.1) is 0 Å². The Bertz CT molecular complexity index is 831. The van der Waals surface area contributed by atoms with E-state index in [0.29, 0.717) is 24.3 Å². The van der Waals surface area contributed by atoms with Crippen LogP contribution >= 0.6 is 0 Å². The van der Waals surface area contributed by atoms with Gasteiger partial charge in [0.25, 0.3) is 12.4 Å². The van der Waals surface area contributed by atoms with Crippen molar-refractivity contribution in [1.29, 1.82) is 0 Å². The minimum absolute atomic E-state index is 0.0538. The second kappa shape index (κ2) is 12.5. The summed E-state index contributed by atoms with van der Waals surface area (Å²) in [5, 5.41) is 9.74. The number of hydrogen-bond acceptors (Lipinski definition) is 5. The Hall–Kier alpha value is -2.93. The van der Waals surface area contributed by atoms with Gasteiger partial charge in [-0.3, -0.25) is 9.59 Å². The fourth-order valence-electron chi connectivity index (χ4n) is 3.07.